The zero-order chi connectivity index (χ0) is 16.7. The van der Waals surface area contributed by atoms with Gasteiger partial charge in [-0.3, -0.25) is 4.72 Å². The first kappa shape index (κ1) is 15.5. The Labute approximate surface area is 133 Å². The van der Waals surface area contributed by atoms with Crippen LogP contribution in [0.1, 0.15) is 0 Å². The van der Waals surface area contributed by atoms with Gasteiger partial charge in [-0.1, -0.05) is 0 Å². The highest BCUT2D eigenvalue weighted by Gasteiger charge is 2.19. The summed E-state index contributed by atoms with van der Waals surface area (Å²) in [4.78, 5) is 7.04. The van der Waals surface area contributed by atoms with E-state index in [4.69, 9.17) is 0 Å². The second kappa shape index (κ2) is 5.36. The SMILES string of the molecule is CS(=O)(=O)c1ccc(NS(=O)(=O)c2c[nH]c3ncccc23)cc1. The molecule has 0 aliphatic heterocycles. The highest BCUT2D eigenvalue weighted by Crippen LogP contribution is 2.24. The average molecular weight is 351 g/mol. The third kappa shape index (κ3) is 3.06. The molecule has 9 heteroatoms. The number of hydrogen-bond donors (Lipinski definition) is 2. The van der Waals surface area contributed by atoms with E-state index in [1.165, 1.54) is 30.5 Å². The van der Waals surface area contributed by atoms with Crippen molar-refractivity contribution in [1.29, 1.82) is 0 Å². The Morgan fingerprint density at radius 3 is 2.39 bits per heavy atom. The van der Waals surface area contributed by atoms with Crippen LogP contribution in [0.3, 0.4) is 0 Å². The molecule has 2 aromatic heterocycles. The number of sulfonamides is 1. The standard InChI is InChI=1S/C14H13N3O4S2/c1-22(18,19)11-6-4-10(5-7-11)17-23(20,21)13-9-16-14-12(13)3-2-8-15-14/h2-9,17H,1H3,(H,15,16). The predicted octanol–water partition coefficient (Wildman–Crippen LogP) is 1.77. The number of H-pyrrole nitrogens is 1. The number of fused-ring (bicyclic) bond motifs is 1. The highest BCUT2D eigenvalue weighted by atomic mass is 32.2. The van der Waals surface area contributed by atoms with Gasteiger partial charge >= 0.3 is 0 Å². The average Bonchev–Trinajstić information content (AvgIpc) is 2.91. The van der Waals surface area contributed by atoms with Crippen molar-refractivity contribution >= 4 is 36.6 Å². The summed E-state index contributed by atoms with van der Waals surface area (Å²) in [5, 5.41) is 0.479. The summed E-state index contributed by atoms with van der Waals surface area (Å²) >= 11 is 0. The molecule has 3 aromatic rings. The lowest BCUT2D eigenvalue weighted by molar-refractivity contribution is 0.600. The Morgan fingerprint density at radius 2 is 1.74 bits per heavy atom. The van der Waals surface area contributed by atoms with Crippen LogP contribution in [0.2, 0.25) is 0 Å². The molecule has 0 unspecified atom stereocenters. The number of nitrogens with zero attached hydrogens (tertiary/aromatic N) is 1. The number of hydrogen-bond acceptors (Lipinski definition) is 5. The number of benzene rings is 1. The van der Waals surface area contributed by atoms with Gasteiger partial charge < -0.3 is 4.98 Å². The summed E-state index contributed by atoms with van der Waals surface area (Å²) < 4.78 is 50.2. The first-order valence-electron chi connectivity index (χ1n) is 6.52. The number of sulfone groups is 1. The Morgan fingerprint density at radius 1 is 1.04 bits per heavy atom. The fraction of sp³-hybridized carbons (Fsp3) is 0.0714. The van der Waals surface area contributed by atoms with Crippen molar-refractivity contribution in [2.24, 2.45) is 0 Å². The van der Waals surface area contributed by atoms with Crippen LogP contribution in [0.5, 0.6) is 0 Å². The number of anilines is 1. The molecule has 0 atom stereocenters. The van der Waals surface area contributed by atoms with E-state index in [1.54, 1.807) is 18.3 Å². The smallest absolute Gasteiger partial charge is 0.264 e. The van der Waals surface area contributed by atoms with E-state index >= 15 is 0 Å². The molecule has 0 fully saturated rings. The van der Waals surface area contributed by atoms with E-state index in [0.717, 1.165) is 6.26 Å². The lowest BCUT2D eigenvalue weighted by Crippen LogP contribution is -2.12. The van der Waals surface area contributed by atoms with Gasteiger partial charge in [0.25, 0.3) is 10.0 Å². The molecule has 0 saturated carbocycles. The molecule has 0 aliphatic carbocycles. The molecule has 2 heterocycles. The third-order valence-corrected chi connectivity index (χ3v) is 5.79. The second-order valence-electron chi connectivity index (χ2n) is 4.95. The van der Waals surface area contributed by atoms with Gasteiger partial charge in [-0.05, 0) is 36.4 Å². The molecule has 0 radical (unpaired) electrons. The molecule has 0 spiro atoms. The topological polar surface area (TPSA) is 109 Å². The minimum atomic E-state index is -3.82. The van der Waals surface area contributed by atoms with Gasteiger partial charge in [-0.25, -0.2) is 21.8 Å². The Bertz CT molecular complexity index is 1070. The van der Waals surface area contributed by atoms with E-state index in [2.05, 4.69) is 14.7 Å². The van der Waals surface area contributed by atoms with Crippen LogP contribution in [-0.4, -0.2) is 33.1 Å². The van der Waals surface area contributed by atoms with Gasteiger partial charge in [0, 0.05) is 29.7 Å². The van der Waals surface area contributed by atoms with Crippen LogP contribution < -0.4 is 4.72 Å². The maximum Gasteiger partial charge on any atom is 0.264 e. The zero-order valence-electron chi connectivity index (χ0n) is 12.0. The summed E-state index contributed by atoms with van der Waals surface area (Å²) in [6.45, 7) is 0. The molecule has 0 saturated heterocycles. The molecule has 23 heavy (non-hydrogen) atoms. The first-order valence-corrected chi connectivity index (χ1v) is 9.90. The molecule has 7 nitrogen and oxygen atoms in total. The van der Waals surface area contributed by atoms with Gasteiger partial charge in [-0.2, -0.15) is 0 Å². The molecule has 120 valence electrons. The molecular formula is C14H13N3O4S2. The van der Waals surface area contributed by atoms with E-state index in [9.17, 15) is 16.8 Å². The number of nitrogens with one attached hydrogen (secondary N) is 2. The summed E-state index contributed by atoms with van der Waals surface area (Å²) in [6.07, 6.45) is 4.02. The van der Waals surface area contributed by atoms with Crippen LogP contribution >= 0.6 is 0 Å². The molecule has 0 bridgehead atoms. The fourth-order valence-electron chi connectivity index (χ4n) is 2.13. The molecule has 2 N–H and O–H groups in total. The van der Waals surface area contributed by atoms with Crippen LogP contribution in [0, 0.1) is 0 Å². The minimum absolute atomic E-state index is 0.0767. The summed E-state index contributed by atoms with van der Waals surface area (Å²) in [6, 6.07) is 8.81. The van der Waals surface area contributed by atoms with Crippen LogP contribution in [0.25, 0.3) is 11.0 Å². The van der Waals surface area contributed by atoms with Gasteiger partial charge in [0.05, 0.1) is 4.90 Å². The number of aromatic nitrogens is 2. The third-order valence-electron chi connectivity index (χ3n) is 3.24. The quantitative estimate of drug-likeness (QED) is 0.744. The van der Waals surface area contributed by atoms with Gasteiger partial charge in [0.2, 0.25) is 0 Å². The van der Waals surface area contributed by atoms with Crippen LogP contribution in [-0.2, 0) is 19.9 Å². The largest absolute Gasteiger partial charge is 0.345 e. The lowest BCUT2D eigenvalue weighted by atomic mass is 10.3. The van der Waals surface area contributed by atoms with Gasteiger partial charge in [0.15, 0.2) is 9.84 Å². The summed E-state index contributed by atoms with van der Waals surface area (Å²) in [5.74, 6) is 0. The summed E-state index contributed by atoms with van der Waals surface area (Å²) in [5.41, 5.74) is 0.746. The van der Waals surface area contributed by atoms with Crippen molar-refractivity contribution in [3.8, 4) is 0 Å². The zero-order valence-corrected chi connectivity index (χ0v) is 13.6. The molecule has 0 amide bonds. The first-order chi connectivity index (χ1) is 10.8. The van der Waals surface area contributed by atoms with Crippen molar-refractivity contribution in [3.05, 3.63) is 48.8 Å². The van der Waals surface area contributed by atoms with Crippen LogP contribution in [0.15, 0.2) is 58.6 Å². The number of rotatable bonds is 4. The fourth-order valence-corrected chi connectivity index (χ4v) is 3.99. The number of aromatic amines is 1. The van der Waals surface area contributed by atoms with Crippen molar-refractivity contribution < 1.29 is 16.8 Å². The van der Waals surface area contributed by atoms with Crippen LogP contribution in [0.4, 0.5) is 5.69 Å². The Hall–Kier alpha value is -2.39. The minimum Gasteiger partial charge on any atom is -0.345 e. The lowest BCUT2D eigenvalue weighted by Gasteiger charge is -2.07. The van der Waals surface area contributed by atoms with E-state index < -0.39 is 19.9 Å². The Kier molecular flexibility index (Phi) is 3.61. The summed E-state index contributed by atoms with van der Waals surface area (Å²) in [7, 11) is -7.14. The maximum atomic E-state index is 12.5. The van der Waals surface area contributed by atoms with E-state index in [1.807, 2.05) is 0 Å². The van der Waals surface area contributed by atoms with Crippen molar-refractivity contribution in [2.75, 3.05) is 11.0 Å². The predicted molar refractivity (Wildman–Crippen MR) is 86.5 cm³/mol. The van der Waals surface area contributed by atoms with Crippen molar-refractivity contribution in [1.82, 2.24) is 9.97 Å². The monoisotopic (exact) mass is 351 g/mol. The van der Waals surface area contributed by atoms with Crippen molar-refractivity contribution in [3.63, 3.8) is 0 Å². The van der Waals surface area contributed by atoms with Gasteiger partial charge in [-0.15, -0.1) is 0 Å². The molecular weight excluding hydrogens is 338 g/mol. The number of pyridine rings is 1. The second-order valence-corrected chi connectivity index (χ2v) is 8.62. The Balaban J connectivity index is 1.95. The van der Waals surface area contributed by atoms with E-state index in [0.29, 0.717) is 11.0 Å². The normalized spacial score (nSPS) is 12.4. The maximum absolute atomic E-state index is 12.5. The van der Waals surface area contributed by atoms with E-state index in [-0.39, 0.29) is 15.5 Å². The molecule has 3 rings (SSSR count). The highest BCUT2D eigenvalue weighted by molar-refractivity contribution is 7.93. The van der Waals surface area contributed by atoms with Crippen molar-refractivity contribution in [2.45, 2.75) is 9.79 Å². The van der Waals surface area contributed by atoms with Gasteiger partial charge in [0.1, 0.15) is 10.5 Å². The molecule has 1 aromatic carbocycles. The molecule has 0 aliphatic rings.